The molecule has 2 aromatic rings. The van der Waals surface area contributed by atoms with Gasteiger partial charge in [0.05, 0.1) is 16.9 Å². The fourth-order valence-corrected chi connectivity index (χ4v) is 3.95. The van der Waals surface area contributed by atoms with Gasteiger partial charge in [-0.1, -0.05) is 117 Å². The topological polar surface area (TPSA) is 71.1 Å². The highest BCUT2D eigenvalue weighted by atomic mass is 16.5. The molecule has 1 unspecified atom stereocenters. The van der Waals surface area contributed by atoms with Gasteiger partial charge in [-0.2, -0.15) is 0 Å². The largest absolute Gasteiger partial charge is 0.484 e. The van der Waals surface area contributed by atoms with Crippen LogP contribution in [0.15, 0.2) is 90.8 Å². The molecule has 0 radical (unpaired) electrons. The number of ether oxygens (including phenoxy) is 2. The summed E-state index contributed by atoms with van der Waals surface area (Å²) in [5, 5.41) is 3.01. The number of carbonyl (C=O) groups excluding carboxylic acids is 2. The van der Waals surface area contributed by atoms with Gasteiger partial charge in [0.25, 0.3) is 5.91 Å². The standard InChI is InChI=1S/C25H30N2O2.C5H11N.C5H12O.C2H4O.3C2H6/c1-5-12-23(20-13-8-7-9-14-20)29-24-16-11-10-15-22(24)27-18-17-26(4)19(3)21(6-2)25(27)28;1-4-6-5(2)3;1-5(2,3)6-4;1-2-3;3*1-2/h6-11,13-16,23H,2,5,12,17-18H2,1,3-4H3;6H,2,4H2,1,3H3;1-4H3;2H,1H3;3*1-2H3. The lowest BCUT2D eigenvalue weighted by atomic mass is 10.1. The number of nitrogens with one attached hydrogen (secondary N) is 1. The molecule has 7 heteroatoms. The number of nitrogens with zero attached hydrogens (tertiary/aromatic N) is 2. The third-order valence-corrected chi connectivity index (χ3v) is 6.54. The summed E-state index contributed by atoms with van der Waals surface area (Å²) in [6, 6.07) is 18.1. The molecule has 0 saturated heterocycles. The van der Waals surface area contributed by atoms with Gasteiger partial charge in [0, 0.05) is 45.2 Å². The van der Waals surface area contributed by atoms with E-state index in [-0.39, 0.29) is 17.6 Å². The zero-order valence-electron chi connectivity index (χ0n) is 34.9. The van der Waals surface area contributed by atoms with Gasteiger partial charge >= 0.3 is 0 Å². The minimum absolute atomic E-state index is 0.0374. The van der Waals surface area contributed by atoms with Crippen LogP contribution in [0.1, 0.15) is 121 Å². The van der Waals surface area contributed by atoms with E-state index in [9.17, 15) is 4.79 Å². The van der Waals surface area contributed by atoms with E-state index in [1.54, 1.807) is 13.2 Å². The van der Waals surface area contributed by atoms with E-state index in [0.29, 0.717) is 12.1 Å². The van der Waals surface area contributed by atoms with Crippen molar-refractivity contribution in [1.29, 1.82) is 0 Å². The molecular formula is C43H75N3O4. The molecule has 0 bridgehead atoms. The minimum atomic E-state index is -0.0525. The molecule has 50 heavy (non-hydrogen) atoms. The Morgan fingerprint density at radius 1 is 0.960 bits per heavy atom. The summed E-state index contributed by atoms with van der Waals surface area (Å²) >= 11 is 0. The van der Waals surface area contributed by atoms with Crippen molar-refractivity contribution in [2.75, 3.05) is 38.7 Å². The van der Waals surface area contributed by atoms with Gasteiger partial charge in [-0.3, -0.25) is 4.79 Å². The van der Waals surface area contributed by atoms with Crippen LogP contribution in [0.3, 0.4) is 0 Å². The first-order valence-corrected chi connectivity index (χ1v) is 18.3. The van der Waals surface area contributed by atoms with Gasteiger partial charge in [0.2, 0.25) is 0 Å². The molecule has 1 aliphatic rings. The fraction of sp³-hybridized carbons (Fsp3) is 0.535. The summed E-state index contributed by atoms with van der Waals surface area (Å²) < 4.78 is 11.4. The average Bonchev–Trinajstić information content (AvgIpc) is 3.22. The highest BCUT2D eigenvalue weighted by Crippen LogP contribution is 2.35. The van der Waals surface area contributed by atoms with Crippen LogP contribution in [0, 0.1) is 0 Å². The highest BCUT2D eigenvalue weighted by molar-refractivity contribution is 6.08. The van der Waals surface area contributed by atoms with Crippen LogP contribution in [0.4, 0.5) is 5.69 Å². The Morgan fingerprint density at radius 3 is 1.84 bits per heavy atom. The maximum atomic E-state index is 13.3. The first-order valence-electron chi connectivity index (χ1n) is 18.3. The molecule has 1 aliphatic heterocycles. The molecule has 2 aromatic carbocycles. The molecule has 286 valence electrons. The van der Waals surface area contributed by atoms with Crippen molar-refractivity contribution in [3.63, 3.8) is 0 Å². The average molecular weight is 698 g/mol. The van der Waals surface area contributed by atoms with Crippen molar-refractivity contribution < 1.29 is 19.1 Å². The Bertz CT molecular complexity index is 1170. The minimum Gasteiger partial charge on any atom is -0.484 e. The second-order valence-corrected chi connectivity index (χ2v) is 11.2. The molecule has 0 aliphatic carbocycles. The molecule has 0 fully saturated rings. The Kier molecular flexibility index (Phi) is 35.6. The summed E-state index contributed by atoms with van der Waals surface area (Å²) in [5.74, 6) is 0.693. The Morgan fingerprint density at radius 2 is 1.44 bits per heavy atom. The molecule has 1 heterocycles. The number of allylic oxidation sites excluding steroid dienone is 2. The van der Waals surface area contributed by atoms with Crippen LogP contribution in [0.5, 0.6) is 5.75 Å². The van der Waals surface area contributed by atoms with Crippen molar-refractivity contribution in [3.05, 3.63) is 96.4 Å². The first kappa shape index (κ1) is 53.0. The third-order valence-electron chi connectivity index (χ3n) is 6.54. The predicted octanol–water partition coefficient (Wildman–Crippen LogP) is 11.2. The highest BCUT2D eigenvalue weighted by Gasteiger charge is 2.27. The zero-order valence-corrected chi connectivity index (χ0v) is 34.9. The fourth-order valence-electron chi connectivity index (χ4n) is 3.95. The second kappa shape index (κ2) is 33.6. The molecule has 7 nitrogen and oxygen atoms in total. The lowest BCUT2D eigenvalue weighted by molar-refractivity contribution is -0.114. The van der Waals surface area contributed by atoms with E-state index in [4.69, 9.17) is 14.3 Å². The van der Waals surface area contributed by atoms with Gasteiger partial charge in [0.1, 0.15) is 18.1 Å². The summed E-state index contributed by atoms with van der Waals surface area (Å²) in [4.78, 5) is 26.0. The zero-order chi connectivity index (χ0) is 39.7. The van der Waals surface area contributed by atoms with Crippen LogP contribution >= 0.6 is 0 Å². The summed E-state index contributed by atoms with van der Waals surface area (Å²) in [6.45, 7) is 37.4. The number of aldehydes is 1. The van der Waals surface area contributed by atoms with E-state index < -0.39 is 0 Å². The molecule has 3 rings (SSSR count). The quantitative estimate of drug-likeness (QED) is 0.263. The normalized spacial score (nSPS) is 12.2. The predicted molar refractivity (Wildman–Crippen MR) is 220 cm³/mol. The van der Waals surface area contributed by atoms with Crippen molar-refractivity contribution >= 4 is 17.9 Å². The van der Waals surface area contributed by atoms with E-state index >= 15 is 0 Å². The van der Waals surface area contributed by atoms with Crippen molar-refractivity contribution in [2.45, 2.75) is 121 Å². The number of hydrogen-bond acceptors (Lipinski definition) is 6. The SMILES string of the molecule is C=C(C)NCC.C=CC1=C(C)N(C)CCN(c2ccccc2OC(CCC)c2ccccc2)C1=O.CC.CC.CC.CC=O.COC(C)(C)C. The number of methoxy groups -OCH3 is 1. The molecule has 1 amide bonds. The van der Waals surface area contributed by atoms with Crippen molar-refractivity contribution in [1.82, 2.24) is 10.2 Å². The summed E-state index contributed by atoms with van der Waals surface area (Å²) in [5.41, 5.74) is 4.61. The number of anilines is 1. The second-order valence-electron chi connectivity index (χ2n) is 11.2. The summed E-state index contributed by atoms with van der Waals surface area (Å²) in [6.07, 6.45) is 4.27. The van der Waals surface area contributed by atoms with E-state index in [1.165, 1.54) is 6.92 Å². The summed E-state index contributed by atoms with van der Waals surface area (Å²) in [7, 11) is 3.71. The van der Waals surface area contributed by atoms with E-state index in [2.05, 4.69) is 49.4 Å². The van der Waals surface area contributed by atoms with E-state index in [1.807, 2.05) is 131 Å². The molecule has 0 spiro atoms. The molecule has 0 saturated carbocycles. The Balaban J connectivity index is -0.000000416. The molecule has 1 atom stereocenters. The van der Waals surface area contributed by atoms with Gasteiger partial charge in [0.15, 0.2) is 0 Å². The maximum absolute atomic E-state index is 13.3. The number of para-hydroxylation sites is 2. The number of hydrogen-bond donors (Lipinski definition) is 1. The smallest absolute Gasteiger partial charge is 0.260 e. The van der Waals surface area contributed by atoms with Gasteiger partial charge < -0.3 is 29.4 Å². The Labute approximate surface area is 308 Å². The number of benzene rings is 2. The van der Waals surface area contributed by atoms with Crippen LogP contribution in [0.2, 0.25) is 0 Å². The van der Waals surface area contributed by atoms with Gasteiger partial charge in [-0.05, 0) is 72.6 Å². The van der Waals surface area contributed by atoms with Gasteiger partial charge in [-0.25, -0.2) is 0 Å². The van der Waals surface area contributed by atoms with Crippen LogP contribution in [-0.2, 0) is 14.3 Å². The van der Waals surface area contributed by atoms with Crippen molar-refractivity contribution in [3.8, 4) is 5.75 Å². The lowest BCUT2D eigenvalue weighted by Crippen LogP contribution is -2.34. The van der Waals surface area contributed by atoms with Crippen LogP contribution in [0.25, 0.3) is 0 Å². The number of amides is 1. The number of likely N-dealkylation sites (N-methyl/N-ethyl adjacent to an activating group) is 1. The third kappa shape index (κ3) is 23.5. The first-order chi connectivity index (χ1) is 23.8. The number of rotatable bonds is 9. The van der Waals surface area contributed by atoms with Crippen LogP contribution < -0.4 is 15.0 Å². The van der Waals surface area contributed by atoms with E-state index in [0.717, 1.165) is 60.6 Å². The lowest BCUT2D eigenvalue weighted by Gasteiger charge is -2.27. The van der Waals surface area contributed by atoms with Crippen molar-refractivity contribution in [2.24, 2.45) is 0 Å². The molecular weight excluding hydrogens is 622 g/mol. The van der Waals surface area contributed by atoms with Gasteiger partial charge in [-0.15, -0.1) is 0 Å². The van der Waals surface area contributed by atoms with Crippen LogP contribution in [-0.4, -0.2) is 56.5 Å². The molecule has 1 N–H and O–H groups in total. The molecule has 0 aromatic heterocycles. The number of carbonyl (C=O) groups is 2. The Hall–Kier alpha value is -3.84. The monoisotopic (exact) mass is 698 g/mol. The maximum Gasteiger partial charge on any atom is 0.260 e.